The Morgan fingerprint density at radius 3 is 2.46 bits per heavy atom. The zero-order chi connectivity index (χ0) is 18.7. The third kappa shape index (κ3) is 4.20. The van der Waals surface area contributed by atoms with Crippen LogP contribution in [0.5, 0.6) is 0 Å². The van der Waals surface area contributed by atoms with E-state index in [4.69, 9.17) is 16.7 Å². The number of aromatic carboxylic acids is 1. The number of piperidine rings is 1. The molecule has 1 aromatic carbocycles. The van der Waals surface area contributed by atoms with Crippen molar-refractivity contribution >= 4 is 23.5 Å². The molecule has 0 radical (unpaired) electrons. The molecular weight excluding hydrogens is 360 g/mol. The van der Waals surface area contributed by atoms with Gasteiger partial charge in [0.1, 0.15) is 6.54 Å². The van der Waals surface area contributed by atoms with Crippen LogP contribution in [0.15, 0.2) is 30.5 Å². The normalized spacial score (nSPS) is 16.5. The lowest BCUT2D eigenvalue weighted by molar-refractivity contribution is -0.134. The van der Waals surface area contributed by atoms with Gasteiger partial charge in [-0.05, 0) is 36.5 Å². The van der Waals surface area contributed by atoms with Crippen LogP contribution in [0.2, 0.25) is 5.02 Å². The van der Waals surface area contributed by atoms with E-state index in [1.54, 1.807) is 17.0 Å². The summed E-state index contributed by atoms with van der Waals surface area (Å²) in [7, 11) is 0. The fraction of sp³-hybridized carbons (Fsp3) is 0.412. The lowest BCUT2D eigenvalue weighted by atomic mass is 9.87. The van der Waals surface area contributed by atoms with Gasteiger partial charge in [-0.25, -0.2) is 9.48 Å². The maximum atomic E-state index is 12.3. The van der Waals surface area contributed by atoms with Crippen molar-refractivity contribution in [2.75, 3.05) is 13.1 Å². The topological polar surface area (TPSA) is 109 Å². The fourth-order valence-corrected chi connectivity index (χ4v) is 3.23. The van der Waals surface area contributed by atoms with Gasteiger partial charge in [0.2, 0.25) is 5.91 Å². The molecule has 2 aromatic rings. The maximum absolute atomic E-state index is 12.3. The number of hydrogen-bond acceptors (Lipinski definition) is 5. The van der Waals surface area contributed by atoms with Crippen LogP contribution in [0.4, 0.5) is 0 Å². The summed E-state index contributed by atoms with van der Waals surface area (Å²) in [5.41, 5.74) is 0.630. The zero-order valence-corrected chi connectivity index (χ0v) is 14.7. The average Bonchev–Trinajstić information content (AvgIpc) is 3.11. The van der Waals surface area contributed by atoms with Crippen LogP contribution in [-0.4, -0.2) is 55.1 Å². The van der Waals surface area contributed by atoms with E-state index in [1.807, 2.05) is 12.1 Å². The SMILES string of the molecule is O=C(O)c1cn(CC(=O)N2CCC(C(O)c3ccc(Cl)cc3)CC2)nn1. The third-order valence-corrected chi connectivity index (χ3v) is 4.86. The number of hydrogen-bond donors (Lipinski definition) is 2. The second-order valence-electron chi connectivity index (χ2n) is 6.32. The molecule has 1 saturated heterocycles. The molecular formula is C17H19ClN4O4. The molecule has 8 nitrogen and oxygen atoms in total. The van der Waals surface area contributed by atoms with Crippen molar-refractivity contribution in [3.8, 4) is 0 Å². The van der Waals surface area contributed by atoms with Crippen LogP contribution in [-0.2, 0) is 11.3 Å². The van der Waals surface area contributed by atoms with Crippen molar-refractivity contribution in [3.63, 3.8) is 0 Å². The van der Waals surface area contributed by atoms with E-state index in [9.17, 15) is 14.7 Å². The van der Waals surface area contributed by atoms with Crippen LogP contribution in [0.1, 0.15) is 35.0 Å². The number of carboxylic acids is 1. The quantitative estimate of drug-likeness (QED) is 0.818. The maximum Gasteiger partial charge on any atom is 0.358 e. The molecule has 1 aliphatic heterocycles. The Morgan fingerprint density at radius 2 is 1.88 bits per heavy atom. The highest BCUT2D eigenvalue weighted by atomic mass is 35.5. The van der Waals surface area contributed by atoms with Gasteiger partial charge in [0.05, 0.1) is 12.3 Å². The minimum atomic E-state index is -1.18. The number of amides is 1. The van der Waals surface area contributed by atoms with Gasteiger partial charge in [0, 0.05) is 18.1 Å². The van der Waals surface area contributed by atoms with Gasteiger partial charge in [0.15, 0.2) is 5.69 Å². The Labute approximate surface area is 155 Å². The number of carbonyl (C=O) groups is 2. The first-order valence-electron chi connectivity index (χ1n) is 8.29. The van der Waals surface area contributed by atoms with Gasteiger partial charge >= 0.3 is 5.97 Å². The largest absolute Gasteiger partial charge is 0.476 e. The van der Waals surface area contributed by atoms with Crippen molar-refractivity contribution in [2.24, 2.45) is 5.92 Å². The first-order valence-corrected chi connectivity index (χ1v) is 8.66. The van der Waals surface area contributed by atoms with Crippen LogP contribution in [0.3, 0.4) is 0 Å². The van der Waals surface area contributed by atoms with E-state index in [1.165, 1.54) is 10.9 Å². The summed E-state index contributed by atoms with van der Waals surface area (Å²) in [4.78, 5) is 24.8. The molecule has 2 N–H and O–H groups in total. The molecule has 1 aliphatic rings. The lowest BCUT2D eigenvalue weighted by Gasteiger charge is -2.34. The molecule has 0 saturated carbocycles. The van der Waals surface area contributed by atoms with Gasteiger partial charge in [-0.1, -0.05) is 28.9 Å². The van der Waals surface area contributed by atoms with E-state index >= 15 is 0 Å². The van der Waals surface area contributed by atoms with Crippen molar-refractivity contribution in [2.45, 2.75) is 25.5 Å². The second kappa shape index (κ2) is 7.84. The first kappa shape index (κ1) is 18.3. The van der Waals surface area contributed by atoms with Crippen LogP contribution >= 0.6 is 11.6 Å². The summed E-state index contributed by atoms with van der Waals surface area (Å²) < 4.78 is 1.22. The molecule has 1 fully saturated rings. The number of carbonyl (C=O) groups excluding carboxylic acids is 1. The van der Waals surface area contributed by atoms with Crippen LogP contribution < -0.4 is 0 Å². The number of benzene rings is 1. The number of aromatic nitrogens is 3. The van der Waals surface area contributed by atoms with E-state index in [0.717, 1.165) is 5.56 Å². The summed E-state index contributed by atoms with van der Waals surface area (Å²) in [5.74, 6) is -1.25. The molecule has 1 atom stereocenters. The molecule has 26 heavy (non-hydrogen) atoms. The standard InChI is InChI=1S/C17H19ClN4O4/c18-13-3-1-11(2-4-13)16(24)12-5-7-21(8-6-12)15(23)10-22-9-14(17(25)26)19-20-22/h1-4,9,12,16,24H,5-8,10H2,(H,25,26). The third-order valence-electron chi connectivity index (χ3n) is 4.61. The summed E-state index contributed by atoms with van der Waals surface area (Å²) in [6.07, 6.45) is 2.02. The predicted molar refractivity (Wildman–Crippen MR) is 92.7 cm³/mol. The minimum Gasteiger partial charge on any atom is -0.476 e. The predicted octanol–water partition coefficient (Wildman–Crippen LogP) is 1.60. The smallest absolute Gasteiger partial charge is 0.358 e. The number of halogens is 1. The summed E-state index contributed by atoms with van der Waals surface area (Å²) in [6, 6.07) is 7.13. The monoisotopic (exact) mass is 378 g/mol. The molecule has 1 unspecified atom stereocenters. The molecule has 3 rings (SSSR count). The second-order valence-corrected chi connectivity index (χ2v) is 6.76. The highest BCUT2D eigenvalue weighted by Crippen LogP contribution is 2.31. The molecule has 0 bridgehead atoms. The van der Waals surface area contributed by atoms with E-state index in [0.29, 0.717) is 31.0 Å². The number of likely N-dealkylation sites (tertiary alicyclic amines) is 1. The Hall–Kier alpha value is -2.45. The zero-order valence-electron chi connectivity index (χ0n) is 14.0. The average molecular weight is 379 g/mol. The van der Waals surface area contributed by atoms with Crippen LogP contribution in [0.25, 0.3) is 0 Å². The minimum absolute atomic E-state index is 0.0509. The van der Waals surface area contributed by atoms with Crippen LogP contribution in [0, 0.1) is 5.92 Å². The number of carboxylic acid groups (broad SMARTS) is 1. The summed E-state index contributed by atoms with van der Waals surface area (Å²) in [6.45, 7) is 1.02. The van der Waals surface area contributed by atoms with E-state index in [-0.39, 0.29) is 24.1 Å². The first-order chi connectivity index (χ1) is 12.4. The number of aliphatic hydroxyl groups is 1. The number of nitrogens with zero attached hydrogens (tertiary/aromatic N) is 4. The highest BCUT2D eigenvalue weighted by molar-refractivity contribution is 6.30. The molecule has 0 spiro atoms. The van der Waals surface area contributed by atoms with Gasteiger partial charge in [-0.2, -0.15) is 0 Å². The van der Waals surface area contributed by atoms with E-state index in [2.05, 4.69) is 10.3 Å². The Balaban J connectivity index is 1.53. The number of aliphatic hydroxyl groups excluding tert-OH is 1. The molecule has 138 valence electrons. The fourth-order valence-electron chi connectivity index (χ4n) is 3.11. The van der Waals surface area contributed by atoms with Crippen molar-refractivity contribution in [1.82, 2.24) is 19.9 Å². The molecule has 0 aliphatic carbocycles. The Kier molecular flexibility index (Phi) is 5.53. The lowest BCUT2D eigenvalue weighted by Crippen LogP contribution is -2.41. The molecule has 1 amide bonds. The summed E-state index contributed by atoms with van der Waals surface area (Å²) in [5, 5.41) is 27.1. The molecule has 2 heterocycles. The van der Waals surface area contributed by atoms with Gasteiger partial charge in [0.25, 0.3) is 0 Å². The highest BCUT2D eigenvalue weighted by Gasteiger charge is 2.28. The number of rotatable bonds is 5. The van der Waals surface area contributed by atoms with Crippen molar-refractivity contribution in [1.29, 1.82) is 0 Å². The Morgan fingerprint density at radius 1 is 1.23 bits per heavy atom. The Bertz CT molecular complexity index is 784. The van der Waals surface area contributed by atoms with Gasteiger partial charge in [-0.15, -0.1) is 5.10 Å². The summed E-state index contributed by atoms with van der Waals surface area (Å²) >= 11 is 5.87. The van der Waals surface area contributed by atoms with E-state index < -0.39 is 12.1 Å². The van der Waals surface area contributed by atoms with Gasteiger partial charge in [-0.3, -0.25) is 4.79 Å². The molecule has 9 heteroatoms. The van der Waals surface area contributed by atoms with Crippen molar-refractivity contribution in [3.05, 3.63) is 46.7 Å². The van der Waals surface area contributed by atoms with Gasteiger partial charge < -0.3 is 15.1 Å². The van der Waals surface area contributed by atoms with Crippen molar-refractivity contribution < 1.29 is 19.8 Å². The molecule has 1 aromatic heterocycles.